The summed E-state index contributed by atoms with van der Waals surface area (Å²) < 4.78 is 0. The largest absolute Gasteiger partial charge is 0.396 e. The molecule has 1 rings (SSSR count). The molecule has 0 aliphatic carbocycles. The Bertz CT molecular complexity index is 502. The highest BCUT2D eigenvalue weighted by Gasteiger charge is 2.17. The van der Waals surface area contributed by atoms with Crippen LogP contribution in [0.25, 0.3) is 0 Å². The number of hydrogen-bond donors (Lipinski definition) is 2. The van der Waals surface area contributed by atoms with Crippen LogP contribution in [-0.4, -0.2) is 48.1 Å². The van der Waals surface area contributed by atoms with Crippen LogP contribution in [0.15, 0.2) is 24.3 Å². The number of aliphatic hydroxyl groups is 1. The third kappa shape index (κ3) is 4.56. The normalized spacial score (nSPS) is 13.4. The molecule has 0 aromatic heterocycles. The van der Waals surface area contributed by atoms with E-state index in [1.54, 1.807) is 36.2 Å². The maximum absolute atomic E-state index is 12.2. The smallest absolute Gasteiger partial charge is 0.253 e. The predicted octanol–water partition coefficient (Wildman–Crippen LogP) is 1.53. The summed E-state index contributed by atoms with van der Waals surface area (Å²) in [6.45, 7) is 6.23. The summed E-state index contributed by atoms with van der Waals surface area (Å²) in [5.41, 5.74) is 0.942. The van der Waals surface area contributed by atoms with E-state index in [1.807, 2.05) is 20.8 Å². The van der Waals surface area contributed by atoms with Crippen LogP contribution in [0.4, 0.5) is 0 Å². The van der Waals surface area contributed by atoms with E-state index in [1.165, 1.54) is 0 Å². The van der Waals surface area contributed by atoms with Crippen LogP contribution in [-0.2, 0) is 0 Å². The van der Waals surface area contributed by atoms with E-state index in [2.05, 4.69) is 5.32 Å². The van der Waals surface area contributed by atoms with Crippen molar-refractivity contribution < 1.29 is 14.7 Å². The molecule has 0 radical (unpaired) electrons. The van der Waals surface area contributed by atoms with Crippen LogP contribution in [0.3, 0.4) is 0 Å². The van der Waals surface area contributed by atoms with Gasteiger partial charge in [-0.1, -0.05) is 13.0 Å². The van der Waals surface area contributed by atoms with Crippen molar-refractivity contribution in [2.45, 2.75) is 26.8 Å². The van der Waals surface area contributed by atoms with Gasteiger partial charge in [0.15, 0.2) is 0 Å². The number of nitrogens with one attached hydrogen (secondary N) is 1. The first-order valence-corrected chi connectivity index (χ1v) is 7.17. The van der Waals surface area contributed by atoms with Gasteiger partial charge in [0, 0.05) is 37.4 Å². The van der Waals surface area contributed by atoms with Gasteiger partial charge in [0.05, 0.1) is 0 Å². The highest BCUT2D eigenvalue weighted by atomic mass is 16.3. The molecule has 0 spiro atoms. The fourth-order valence-electron chi connectivity index (χ4n) is 1.75. The molecule has 0 bridgehead atoms. The number of benzene rings is 1. The number of nitrogens with zero attached hydrogens (tertiary/aromatic N) is 1. The lowest BCUT2D eigenvalue weighted by Gasteiger charge is -2.19. The Morgan fingerprint density at radius 2 is 1.90 bits per heavy atom. The lowest BCUT2D eigenvalue weighted by atomic mass is 10.0. The Labute approximate surface area is 126 Å². The van der Waals surface area contributed by atoms with Crippen molar-refractivity contribution >= 4 is 11.8 Å². The zero-order chi connectivity index (χ0) is 16.0. The molecule has 21 heavy (non-hydrogen) atoms. The highest BCUT2D eigenvalue weighted by Crippen LogP contribution is 2.09. The summed E-state index contributed by atoms with van der Waals surface area (Å²) in [5, 5.41) is 11.9. The van der Waals surface area contributed by atoms with Crippen LogP contribution in [0, 0.1) is 5.92 Å². The number of hydrogen-bond acceptors (Lipinski definition) is 3. The Morgan fingerprint density at radius 1 is 1.29 bits per heavy atom. The molecule has 0 aliphatic heterocycles. The Morgan fingerprint density at radius 3 is 2.48 bits per heavy atom. The van der Waals surface area contributed by atoms with E-state index in [9.17, 15) is 9.59 Å². The van der Waals surface area contributed by atoms with Gasteiger partial charge < -0.3 is 15.3 Å². The van der Waals surface area contributed by atoms with Crippen LogP contribution in [0.1, 0.15) is 41.5 Å². The monoisotopic (exact) mass is 292 g/mol. The molecule has 0 aliphatic rings. The minimum Gasteiger partial charge on any atom is -0.396 e. The van der Waals surface area contributed by atoms with Gasteiger partial charge in [-0.15, -0.1) is 0 Å². The second-order valence-electron chi connectivity index (χ2n) is 5.32. The molecule has 2 N–H and O–H groups in total. The topological polar surface area (TPSA) is 69.6 Å². The van der Waals surface area contributed by atoms with Gasteiger partial charge in [-0.2, -0.15) is 0 Å². The van der Waals surface area contributed by atoms with Crippen LogP contribution < -0.4 is 5.32 Å². The maximum Gasteiger partial charge on any atom is 0.253 e. The number of rotatable bonds is 6. The minimum atomic E-state index is -0.239. The maximum atomic E-state index is 12.2. The van der Waals surface area contributed by atoms with Crippen LogP contribution in [0.2, 0.25) is 0 Å². The average Bonchev–Trinajstić information content (AvgIpc) is 2.52. The summed E-state index contributed by atoms with van der Waals surface area (Å²) in [6, 6.07) is 6.53. The SMILES string of the molecule is CCN(C)C(=O)c1cccc(C(=O)NC(C)C(C)CO)c1. The number of aliphatic hydroxyl groups excluding tert-OH is 1. The molecule has 2 unspecified atom stereocenters. The van der Waals surface area contributed by atoms with E-state index in [0.29, 0.717) is 17.7 Å². The van der Waals surface area contributed by atoms with E-state index in [4.69, 9.17) is 5.11 Å². The zero-order valence-electron chi connectivity index (χ0n) is 13.1. The van der Waals surface area contributed by atoms with E-state index in [0.717, 1.165) is 0 Å². The van der Waals surface area contributed by atoms with Gasteiger partial charge in [0.2, 0.25) is 0 Å². The minimum absolute atomic E-state index is 0.0151. The van der Waals surface area contributed by atoms with Crippen molar-refractivity contribution in [3.8, 4) is 0 Å². The summed E-state index contributed by atoms with van der Waals surface area (Å²) in [7, 11) is 1.72. The van der Waals surface area contributed by atoms with Gasteiger partial charge in [0.25, 0.3) is 11.8 Å². The number of amides is 2. The first kappa shape index (κ1) is 17.2. The molecule has 5 nitrogen and oxygen atoms in total. The molecular weight excluding hydrogens is 268 g/mol. The first-order chi connectivity index (χ1) is 9.90. The van der Waals surface area contributed by atoms with Crippen LogP contribution in [0.5, 0.6) is 0 Å². The average molecular weight is 292 g/mol. The van der Waals surface area contributed by atoms with E-state index < -0.39 is 0 Å². The van der Waals surface area contributed by atoms with Crippen molar-refractivity contribution in [2.75, 3.05) is 20.2 Å². The first-order valence-electron chi connectivity index (χ1n) is 7.17. The predicted molar refractivity (Wildman–Crippen MR) is 82.3 cm³/mol. The van der Waals surface area contributed by atoms with Crippen molar-refractivity contribution in [1.29, 1.82) is 0 Å². The van der Waals surface area contributed by atoms with Gasteiger partial charge in [0.1, 0.15) is 0 Å². The summed E-state index contributed by atoms with van der Waals surface area (Å²) in [6.07, 6.45) is 0. The highest BCUT2D eigenvalue weighted by molar-refractivity contribution is 5.99. The molecular formula is C16H24N2O3. The lowest BCUT2D eigenvalue weighted by Crippen LogP contribution is -2.38. The molecule has 1 aromatic rings. The molecule has 0 fully saturated rings. The van der Waals surface area contributed by atoms with E-state index >= 15 is 0 Å². The van der Waals surface area contributed by atoms with Crippen LogP contribution >= 0.6 is 0 Å². The summed E-state index contributed by atoms with van der Waals surface area (Å²) in [4.78, 5) is 25.9. The van der Waals surface area contributed by atoms with Crippen molar-refractivity contribution in [1.82, 2.24) is 10.2 Å². The molecule has 2 amide bonds. The number of carbonyl (C=O) groups excluding carboxylic acids is 2. The Hall–Kier alpha value is -1.88. The van der Waals surface area contributed by atoms with Crippen molar-refractivity contribution in [3.05, 3.63) is 35.4 Å². The van der Waals surface area contributed by atoms with Gasteiger partial charge >= 0.3 is 0 Å². The quantitative estimate of drug-likeness (QED) is 0.835. The zero-order valence-corrected chi connectivity index (χ0v) is 13.1. The molecule has 0 saturated heterocycles. The fraction of sp³-hybridized carbons (Fsp3) is 0.500. The van der Waals surface area contributed by atoms with Gasteiger partial charge in [-0.25, -0.2) is 0 Å². The summed E-state index contributed by atoms with van der Waals surface area (Å²) >= 11 is 0. The second-order valence-corrected chi connectivity index (χ2v) is 5.32. The number of carbonyl (C=O) groups is 2. The molecule has 1 aromatic carbocycles. The fourth-order valence-corrected chi connectivity index (χ4v) is 1.75. The third-order valence-corrected chi connectivity index (χ3v) is 3.69. The van der Waals surface area contributed by atoms with Crippen molar-refractivity contribution in [2.24, 2.45) is 5.92 Å². The lowest BCUT2D eigenvalue weighted by molar-refractivity contribution is 0.0802. The van der Waals surface area contributed by atoms with Gasteiger partial charge in [-0.3, -0.25) is 9.59 Å². The van der Waals surface area contributed by atoms with Gasteiger partial charge in [-0.05, 0) is 38.0 Å². The molecule has 2 atom stereocenters. The molecule has 0 heterocycles. The Balaban J connectivity index is 2.85. The second kappa shape index (κ2) is 7.78. The molecule has 0 saturated carbocycles. The third-order valence-electron chi connectivity index (χ3n) is 3.69. The molecule has 116 valence electrons. The van der Waals surface area contributed by atoms with E-state index in [-0.39, 0.29) is 30.4 Å². The summed E-state index contributed by atoms with van der Waals surface area (Å²) in [5.74, 6) is -0.370. The molecule has 5 heteroatoms. The Kier molecular flexibility index (Phi) is 6.37. The standard InChI is InChI=1S/C16H24N2O3/c1-5-18(4)16(21)14-8-6-7-13(9-14)15(20)17-12(3)11(2)10-19/h6-9,11-12,19H,5,10H2,1-4H3,(H,17,20). The van der Waals surface area contributed by atoms with Crippen molar-refractivity contribution in [3.63, 3.8) is 0 Å².